The Morgan fingerprint density at radius 2 is 1.68 bits per heavy atom. The third-order valence-corrected chi connectivity index (χ3v) is 4.95. The molecule has 1 aliphatic heterocycles. The molecule has 1 atom stereocenters. The summed E-state index contributed by atoms with van der Waals surface area (Å²) >= 11 is 0. The third kappa shape index (κ3) is 7.16. The molecule has 31 heavy (non-hydrogen) atoms. The van der Waals surface area contributed by atoms with E-state index in [4.69, 9.17) is 9.47 Å². The fourth-order valence-electron chi connectivity index (χ4n) is 3.43. The topological polar surface area (TPSA) is 74.3 Å². The van der Waals surface area contributed by atoms with Crippen molar-refractivity contribution in [2.45, 2.75) is 6.10 Å². The maximum atomic E-state index is 13.2. The molecule has 1 unspecified atom stereocenters. The first-order valence-corrected chi connectivity index (χ1v) is 10.1. The zero-order valence-corrected chi connectivity index (χ0v) is 17.4. The Bertz CT molecular complexity index is 855. The molecule has 2 aromatic carbocycles. The van der Waals surface area contributed by atoms with Gasteiger partial charge in [-0.25, -0.2) is 8.78 Å². The summed E-state index contributed by atoms with van der Waals surface area (Å²) in [5, 5.41) is 12.8. The molecule has 1 amide bonds. The van der Waals surface area contributed by atoms with Crippen LogP contribution in [0.15, 0.2) is 42.5 Å². The lowest BCUT2D eigenvalue weighted by Crippen LogP contribution is -2.50. The molecule has 168 valence electrons. The van der Waals surface area contributed by atoms with Crippen molar-refractivity contribution in [1.29, 1.82) is 0 Å². The van der Waals surface area contributed by atoms with Crippen molar-refractivity contribution in [2.75, 3.05) is 58.3 Å². The number of rotatable bonds is 9. The molecule has 0 aliphatic carbocycles. The van der Waals surface area contributed by atoms with Crippen molar-refractivity contribution in [3.63, 3.8) is 0 Å². The van der Waals surface area contributed by atoms with Gasteiger partial charge in [-0.3, -0.25) is 14.6 Å². The van der Waals surface area contributed by atoms with Gasteiger partial charge in [-0.2, -0.15) is 0 Å². The molecule has 1 saturated heterocycles. The van der Waals surface area contributed by atoms with E-state index in [-0.39, 0.29) is 24.7 Å². The summed E-state index contributed by atoms with van der Waals surface area (Å²) in [7, 11) is 1.56. The van der Waals surface area contributed by atoms with Gasteiger partial charge >= 0.3 is 0 Å². The van der Waals surface area contributed by atoms with Crippen molar-refractivity contribution in [2.24, 2.45) is 0 Å². The molecule has 7 nitrogen and oxygen atoms in total. The van der Waals surface area contributed by atoms with Gasteiger partial charge in [0.05, 0.1) is 13.7 Å². The second kappa shape index (κ2) is 11.0. The number of halogens is 2. The van der Waals surface area contributed by atoms with Gasteiger partial charge in [0.15, 0.2) is 11.5 Å². The van der Waals surface area contributed by atoms with Crippen LogP contribution in [0.5, 0.6) is 11.5 Å². The van der Waals surface area contributed by atoms with Crippen molar-refractivity contribution >= 4 is 11.6 Å². The van der Waals surface area contributed by atoms with Crippen molar-refractivity contribution < 1.29 is 28.2 Å². The van der Waals surface area contributed by atoms with E-state index in [0.29, 0.717) is 44.2 Å². The lowest BCUT2D eigenvalue weighted by molar-refractivity contribution is -0.117. The highest BCUT2D eigenvalue weighted by Gasteiger charge is 2.21. The third-order valence-electron chi connectivity index (χ3n) is 4.95. The first-order valence-electron chi connectivity index (χ1n) is 10.1. The van der Waals surface area contributed by atoms with Gasteiger partial charge < -0.3 is 19.9 Å². The minimum atomic E-state index is -0.739. The van der Waals surface area contributed by atoms with E-state index in [2.05, 4.69) is 10.2 Å². The molecule has 0 radical (unpaired) electrons. The van der Waals surface area contributed by atoms with Crippen LogP contribution in [-0.4, -0.2) is 79.9 Å². The predicted molar refractivity (Wildman–Crippen MR) is 112 cm³/mol. The summed E-state index contributed by atoms with van der Waals surface area (Å²) in [6.07, 6.45) is -0.664. The number of benzene rings is 2. The summed E-state index contributed by atoms with van der Waals surface area (Å²) in [5.41, 5.74) is 0.0966. The van der Waals surface area contributed by atoms with E-state index in [9.17, 15) is 18.7 Å². The lowest BCUT2D eigenvalue weighted by Gasteiger charge is -2.35. The van der Waals surface area contributed by atoms with Gasteiger partial charge in [0, 0.05) is 44.5 Å². The zero-order chi connectivity index (χ0) is 22.2. The number of carbonyl (C=O) groups excluding carboxylic acids is 1. The molecule has 0 aromatic heterocycles. The number of hydrogen-bond acceptors (Lipinski definition) is 6. The average molecular weight is 435 g/mol. The zero-order valence-electron chi connectivity index (χ0n) is 17.4. The Balaban J connectivity index is 1.37. The Hall–Kier alpha value is -2.75. The minimum Gasteiger partial charge on any atom is -0.493 e. The minimum absolute atomic E-state index is 0.0966. The first-order chi connectivity index (χ1) is 14.9. The smallest absolute Gasteiger partial charge is 0.238 e. The number of amides is 1. The van der Waals surface area contributed by atoms with Crippen LogP contribution in [0.1, 0.15) is 0 Å². The fraction of sp³-hybridized carbons (Fsp3) is 0.409. The van der Waals surface area contributed by atoms with Gasteiger partial charge in [0.2, 0.25) is 5.91 Å². The van der Waals surface area contributed by atoms with Gasteiger partial charge in [-0.15, -0.1) is 0 Å². The summed E-state index contributed by atoms with van der Waals surface area (Å²) < 4.78 is 37.3. The van der Waals surface area contributed by atoms with Crippen molar-refractivity contribution in [3.8, 4) is 11.5 Å². The molecular weight excluding hydrogens is 408 g/mol. The maximum absolute atomic E-state index is 13.2. The molecule has 0 saturated carbocycles. The number of piperazine rings is 1. The number of nitrogens with one attached hydrogen (secondary N) is 1. The number of hydrogen-bond donors (Lipinski definition) is 2. The van der Waals surface area contributed by atoms with E-state index in [1.54, 1.807) is 19.2 Å². The molecule has 1 aliphatic rings. The highest BCUT2D eigenvalue weighted by atomic mass is 19.1. The number of aliphatic hydroxyl groups excluding tert-OH is 1. The lowest BCUT2D eigenvalue weighted by atomic mass is 10.2. The summed E-state index contributed by atoms with van der Waals surface area (Å²) in [6.45, 7) is 3.40. The number of β-amino-alcohol motifs (C(OH)–C–C–N with tert-alkyl or cyclic N) is 1. The number of aliphatic hydroxyl groups is 1. The molecule has 2 aromatic rings. The summed E-state index contributed by atoms with van der Waals surface area (Å²) in [6, 6.07) is 10.2. The highest BCUT2D eigenvalue weighted by Crippen LogP contribution is 2.25. The Morgan fingerprint density at radius 1 is 1.06 bits per heavy atom. The van der Waals surface area contributed by atoms with Crippen LogP contribution < -0.4 is 14.8 Å². The van der Waals surface area contributed by atoms with Crippen LogP contribution in [0.25, 0.3) is 0 Å². The number of para-hydroxylation sites is 2. The molecule has 3 rings (SSSR count). The van der Waals surface area contributed by atoms with Gasteiger partial charge in [-0.05, 0) is 24.3 Å². The normalized spacial score (nSPS) is 16.0. The number of methoxy groups -OCH3 is 1. The molecule has 1 fully saturated rings. The van der Waals surface area contributed by atoms with Crippen molar-refractivity contribution in [3.05, 3.63) is 54.1 Å². The number of ether oxygens (including phenoxy) is 2. The van der Waals surface area contributed by atoms with Crippen LogP contribution >= 0.6 is 0 Å². The number of nitrogens with zero attached hydrogens (tertiary/aromatic N) is 2. The first kappa shape index (κ1) is 22.9. The van der Waals surface area contributed by atoms with E-state index in [1.165, 1.54) is 0 Å². The van der Waals surface area contributed by atoms with Crippen molar-refractivity contribution in [1.82, 2.24) is 9.80 Å². The maximum Gasteiger partial charge on any atom is 0.238 e. The number of carbonyl (C=O) groups is 1. The summed E-state index contributed by atoms with van der Waals surface area (Å²) in [4.78, 5) is 16.2. The summed E-state index contributed by atoms with van der Waals surface area (Å²) in [5.74, 6) is -0.612. The monoisotopic (exact) mass is 435 g/mol. The molecule has 2 N–H and O–H groups in total. The van der Waals surface area contributed by atoms with E-state index < -0.39 is 17.7 Å². The quantitative estimate of drug-likeness (QED) is 0.628. The fourth-order valence-corrected chi connectivity index (χ4v) is 3.43. The molecule has 9 heteroatoms. The van der Waals surface area contributed by atoms with Crippen LogP contribution in [0, 0.1) is 11.6 Å². The Labute approximate surface area is 180 Å². The average Bonchev–Trinajstić information content (AvgIpc) is 2.73. The Kier molecular flexibility index (Phi) is 8.16. The molecular formula is C22H27F2N3O4. The SMILES string of the molecule is COc1ccccc1OCC(O)CN1CCN(CC(=O)Nc2cc(F)cc(F)c2)CC1. The van der Waals surface area contributed by atoms with Gasteiger partial charge in [-0.1, -0.05) is 12.1 Å². The van der Waals surface area contributed by atoms with E-state index in [1.807, 2.05) is 17.0 Å². The van der Waals surface area contributed by atoms with E-state index >= 15 is 0 Å². The molecule has 0 spiro atoms. The predicted octanol–water partition coefficient (Wildman–Crippen LogP) is 1.97. The van der Waals surface area contributed by atoms with Crippen LogP contribution in [-0.2, 0) is 4.79 Å². The number of anilines is 1. The molecule has 0 bridgehead atoms. The second-order valence-electron chi connectivity index (χ2n) is 7.40. The largest absolute Gasteiger partial charge is 0.493 e. The van der Waals surface area contributed by atoms with Crippen LogP contribution in [0.3, 0.4) is 0 Å². The Morgan fingerprint density at radius 3 is 2.32 bits per heavy atom. The standard InChI is InChI=1S/C22H27F2N3O4/c1-30-20-4-2-3-5-21(20)31-15-19(28)13-26-6-8-27(9-7-26)14-22(29)25-18-11-16(23)10-17(24)12-18/h2-5,10-12,19,28H,6-9,13-15H2,1H3,(H,25,29). The second-order valence-corrected chi connectivity index (χ2v) is 7.40. The van der Waals surface area contributed by atoms with Crippen LogP contribution in [0.4, 0.5) is 14.5 Å². The van der Waals surface area contributed by atoms with E-state index in [0.717, 1.165) is 18.2 Å². The van der Waals surface area contributed by atoms with Crippen LogP contribution in [0.2, 0.25) is 0 Å². The van der Waals surface area contributed by atoms with Gasteiger partial charge in [0.1, 0.15) is 24.3 Å². The van der Waals surface area contributed by atoms with Gasteiger partial charge in [0.25, 0.3) is 0 Å². The molecule has 1 heterocycles. The highest BCUT2D eigenvalue weighted by molar-refractivity contribution is 5.92.